The Morgan fingerprint density at radius 3 is 2.07 bits per heavy atom. The smallest absolute Gasteiger partial charge is 0.407 e. The molecule has 0 unspecified atom stereocenters. The molecule has 0 bridgehead atoms. The summed E-state index contributed by atoms with van der Waals surface area (Å²) >= 11 is 0. The number of carbonyl (C=O) groups is 1. The van der Waals surface area contributed by atoms with Crippen molar-refractivity contribution >= 4 is 16.2 Å². The number of alkyl carbamates (subject to hydrolysis) is 1. The molecule has 0 aliphatic heterocycles. The maximum absolute atomic E-state index is 12.2. The molecule has 6 nitrogen and oxygen atoms in total. The molecular formula is C20H23NO5S. The highest BCUT2D eigenvalue weighted by Crippen LogP contribution is 2.44. The van der Waals surface area contributed by atoms with Gasteiger partial charge in [-0.1, -0.05) is 62.4 Å². The topological polar surface area (TPSA) is 92.7 Å². The van der Waals surface area contributed by atoms with Gasteiger partial charge in [-0.2, -0.15) is 8.42 Å². The minimum Gasteiger partial charge on any atom is -0.449 e. The minimum atomic E-state index is -4.19. The van der Waals surface area contributed by atoms with E-state index in [0.717, 1.165) is 22.3 Å². The molecule has 0 fully saturated rings. The van der Waals surface area contributed by atoms with Gasteiger partial charge in [0.05, 0.1) is 11.8 Å². The van der Waals surface area contributed by atoms with E-state index in [1.807, 2.05) is 36.4 Å². The van der Waals surface area contributed by atoms with Crippen LogP contribution in [0.3, 0.4) is 0 Å². The van der Waals surface area contributed by atoms with Crippen molar-refractivity contribution in [3.8, 4) is 11.1 Å². The molecule has 1 amide bonds. The van der Waals surface area contributed by atoms with Crippen LogP contribution in [0.2, 0.25) is 0 Å². The first-order valence-electron chi connectivity index (χ1n) is 8.83. The van der Waals surface area contributed by atoms with Crippen LogP contribution in [0.5, 0.6) is 0 Å². The number of ether oxygens (including phenoxy) is 1. The second-order valence-corrected chi connectivity index (χ2v) is 8.57. The molecule has 2 aromatic rings. The standard InChI is InChI=1S/C20H23NO5S/c1-13(2)19(12-27(23,24)25)21-20(22)26-11-18-16-9-5-3-7-14(16)15-8-4-6-10-17(15)18/h3-10,13,18-19H,11-12H2,1-2H3,(H,21,22)(H,23,24,25)/t19-/m1/s1. The number of hydrogen-bond acceptors (Lipinski definition) is 4. The fourth-order valence-electron chi connectivity index (χ4n) is 3.42. The molecule has 0 saturated heterocycles. The Balaban J connectivity index is 1.70. The van der Waals surface area contributed by atoms with Crippen LogP contribution in [0.25, 0.3) is 11.1 Å². The molecule has 27 heavy (non-hydrogen) atoms. The molecule has 0 radical (unpaired) electrons. The van der Waals surface area contributed by atoms with Crippen LogP contribution >= 0.6 is 0 Å². The summed E-state index contributed by atoms with van der Waals surface area (Å²) in [5, 5.41) is 2.54. The molecule has 0 saturated carbocycles. The van der Waals surface area contributed by atoms with Crippen molar-refractivity contribution in [2.75, 3.05) is 12.4 Å². The largest absolute Gasteiger partial charge is 0.449 e. The fraction of sp³-hybridized carbons (Fsp3) is 0.350. The van der Waals surface area contributed by atoms with E-state index in [1.165, 1.54) is 0 Å². The third-order valence-electron chi connectivity index (χ3n) is 4.84. The number of amides is 1. The van der Waals surface area contributed by atoms with E-state index in [9.17, 15) is 13.2 Å². The van der Waals surface area contributed by atoms with Crippen LogP contribution < -0.4 is 5.32 Å². The zero-order chi connectivity index (χ0) is 19.6. The van der Waals surface area contributed by atoms with Gasteiger partial charge in [-0.05, 0) is 28.2 Å². The molecule has 1 aliphatic rings. The molecule has 0 spiro atoms. The predicted molar refractivity (Wildman–Crippen MR) is 103 cm³/mol. The lowest BCUT2D eigenvalue weighted by Gasteiger charge is -2.21. The quantitative estimate of drug-likeness (QED) is 0.739. The van der Waals surface area contributed by atoms with E-state index in [0.29, 0.717) is 0 Å². The molecule has 7 heteroatoms. The van der Waals surface area contributed by atoms with E-state index in [1.54, 1.807) is 13.8 Å². The van der Waals surface area contributed by atoms with Crippen molar-refractivity contribution in [3.63, 3.8) is 0 Å². The molecule has 2 N–H and O–H groups in total. The fourth-order valence-corrected chi connectivity index (χ4v) is 4.34. The van der Waals surface area contributed by atoms with Crippen molar-refractivity contribution < 1.29 is 22.5 Å². The van der Waals surface area contributed by atoms with Crippen LogP contribution in [-0.4, -0.2) is 37.5 Å². The van der Waals surface area contributed by atoms with Gasteiger partial charge in [0.2, 0.25) is 0 Å². The molecule has 0 heterocycles. The van der Waals surface area contributed by atoms with Gasteiger partial charge in [0.25, 0.3) is 10.1 Å². The van der Waals surface area contributed by atoms with Crippen molar-refractivity contribution in [1.82, 2.24) is 5.32 Å². The molecule has 144 valence electrons. The summed E-state index contributed by atoms with van der Waals surface area (Å²) in [5.41, 5.74) is 4.47. The summed E-state index contributed by atoms with van der Waals surface area (Å²) < 4.78 is 36.7. The summed E-state index contributed by atoms with van der Waals surface area (Å²) in [6, 6.07) is 15.3. The second-order valence-electron chi connectivity index (χ2n) is 7.07. The third-order valence-corrected chi connectivity index (χ3v) is 5.62. The van der Waals surface area contributed by atoms with Gasteiger partial charge in [0.15, 0.2) is 0 Å². The SMILES string of the molecule is CC(C)[C@@H](CS(=O)(=O)O)NC(=O)OCC1c2ccccc2-c2ccccc21. The lowest BCUT2D eigenvalue weighted by atomic mass is 9.98. The summed E-state index contributed by atoms with van der Waals surface area (Å²) in [7, 11) is -4.19. The number of rotatable bonds is 6. The van der Waals surface area contributed by atoms with Gasteiger partial charge in [-0.15, -0.1) is 0 Å². The van der Waals surface area contributed by atoms with Gasteiger partial charge in [0.1, 0.15) is 6.61 Å². The number of fused-ring (bicyclic) bond motifs is 3. The molecule has 0 aromatic heterocycles. The first-order valence-corrected chi connectivity index (χ1v) is 10.4. The van der Waals surface area contributed by atoms with Crippen LogP contribution in [0.15, 0.2) is 48.5 Å². The van der Waals surface area contributed by atoms with Crippen LogP contribution in [0, 0.1) is 5.92 Å². The highest BCUT2D eigenvalue weighted by Gasteiger charge is 2.29. The number of nitrogens with one attached hydrogen (secondary N) is 1. The average Bonchev–Trinajstić information content (AvgIpc) is 2.92. The highest BCUT2D eigenvalue weighted by molar-refractivity contribution is 7.85. The number of benzene rings is 2. The monoisotopic (exact) mass is 389 g/mol. The second kappa shape index (κ2) is 7.70. The van der Waals surface area contributed by atoms with Crippen LogP contribution in [-0.2, 0) is 14.9 Å². The van der Waals surface area contributed by atoms with Gasteiger partial charge >= 0.3 is 6.09 Å². The van der Waals surface area contributed by atoms with Crippen molar-refractivity contribution in [2.45, 2.75) is 25.8 Å². The Bertz CT molecular complexity index is 893. The van der Waals surface area contributed by atoms with Gasteiger partial charge in [-0.25, -0.2) is 4.79 Å². The summed E-state index contributed by atoms with van der Waals surface area (Å²) in [6.45, 7) is 3.68. The van der Waals surface area contributed by atoms with E-state index in [-0.39, 0.29) is 18.4 Å². The van der Waals surface area contributed by atoms with E-state index < -0.39 is 28.0 Å². The zero-order valence-electron chi connectivity index (χ0n) is 15.3. The Morgan fingerprint density at radius 1 is 1.07 bits per heavy atom. The Kier molecular flexibility index (Phi) is 5.53. The normalized spacial score (nSPS) is 14.5. The Hall–Kier alpha value is -2.38. The predicted octanol–water partition coefficient (Wildman–Crippen LogP) is 3.44. The van der Waals surface area contributed by atoms with E-state index in [2.05, 4.69) is 17.4 Å². The minimum absolute atomic E-state index is 0.0674. The molecular weight excluding hydrogens is 366 g/mol. The van der Waals surface area contributed by atoms with Crippen LogP contribution in [0.4, 0.5) is 4.79 Å². The van der Waals surface area contributed by atoms with Crippen LogP contribution in [0.1, 0.15) is 30.9 Å². The van der Waals surface area contributed by atoms with Crippen molar-refractivity contribution in [1.29, 1.82) is 0 Å². The van der Waals surface area contributed by atoms with E-state index >= 15 is 0 Å². The number of carbonyl (C=O) groups excluding carboxylic acids is 1. The average molecular weight is 389 g/mol. The molecule has 3 rings (SSSR count). The molecule has 1 aliphatic carbocycles. The Labute approximate surface area is 159 Å². The lowest BCUT2D eigenvalue weighted by molar-refractivity contribution is 0.137. The van der Waals surface area contributed by atoms with Gasteiger partial charge in [0, 0.05) is 5.92 Å². The van der Waals surface area contributed by atoms with Gasteiger partial charge in [-0.3, -0.25) is 4.55 Å². The lowest BCUT2D eigenvalue weighted by Crippen LogP contribution is -2.43. The Morgan fingerprint density at radius 2 is 1.59 bits per heavy atom. The highest BCUT2D eigenvalue weighted by atomic mass is 32.2. The zero-order valence-corrected chi connectivity index (χ0v) is 16.1. The molecule has 2 aromatic carbocycles. The third kappa shape index (κ3) is 4.48. The maximum Gasteiger partial charge on any atom is 0.407 e. The molecule has 1 atom stereocenters. The number of hydrogen-bond donors (Lipinski definition) is 2. The maximum atomic E-state index is 12.2. The van der Waals surface area contributed by atoms with Crippen molar-refractivity contribution in [3.05, 3.63) is 59.7 Å². The van der Waals surface area contributed by atoms with E-state index in [4.69, 9.17) is 9.29 Å². The summed E-state index contributed by atoms with van der Waals surface area (Å²) in [6.07, 6.45) is -0.695. The first-order chi connectivity index (χ1) is 12.8. The summed E-state index contributed by atoms with van der Waals surface area (Å²) in [4.78, 5) is 12.2. The summed E-state index contributed by atoms with van der Waals surface area (Å²) in [5.74, 6) is -0.788. The van der Waals surface area contributed by atoms with Crippen molar-refractivity contribution in [2.24, 2.45) is 5.92 Å². The van der Waals surface area contributed by atoms with Gasteiger partial charge < -0.3 is 10.1 Å². The first kappa shape index (κ1) is 19.4.